The molecule has 0 aliphatic rings. The molecule has 0 unspecified atom stereocenters. The number of hydrogen-bond donors (Lipinski definition) is 0. The number of non-ortho nitro benzene ring substituents is 1. The van der Waals surface area contributed by atoms with Gasteiger partial charge < -0.3 is 4.74 Å². The molecular formula is C19H17F2N3O3S. The van der Waals surface area contributed by atoms with Crippen LogP contribution in [0.2, 0.25) is 0 Å². The number of ether oxygens (including phenoxy) is 1. The van der Waals surface area contributed by atoms with Crippen molar-refractivity contribution in [1.82, 2.24) is 9.55 Å². The molecule has 0 fully saturated rings. The molecule has 146 valence electrons. The number of halogens is 2. The van der Waals surface area contributed by atoms with E-state index in [1.54, 1.807) is 30.5 Å². The van der Waals surface area contributed by atoms with Gasteiger partial charge in [0.2, 0.25) is 0 Å². The van der Waals surface area contributed by atoms with Crippen molar-refractivity contribution in [2.45, 2.75) is 30.9 Å². The highest BCUT2D eigenvalue weighted by Gasteiger charge is 2.17. The summed E-state index contributed by atoms with van der Waals surface area (Å²) < 4.78 is 31.0. The van der Waals surface area contributed by atoms with Gasteiger partial charge in [0, 0.05) is 28.6 Å². The molecule has 1 aromatic heterocycles. The molecule has 0 atom stereocenters. The first-order chi connectivity index (χ1) is 13.3. The van der Waals surface area contributed by atoms with Crippen molar-refractivity contribution in [1.29, 1.82) is 0 Å². The number of alkyl halides is 2. The Balaban J connectivity index is 2.09. The second kappa shape index (κ2) is 8.39. The van der Waals surface area contributed by atoms with Crippen LogP contribution in [0.5, 0.6) is 5.75 Å². The lowest BCUT2D eigenvalue weighted by molar-refractivity contribution is -0.384. The minimum Gasteiger partial charge on any atom is -0.435 e. The van der Waals surface area contributed by atoms with Crippen LogP contribution in [0.25, 0.3) is 16.9 Å². The molecule has 6 nitrogen and oxygen atoms in total. The van der Waals surface area contributed by atoms with Crippen molar-refractivity contribution in [2.75, 3.05) is 0 Å². The number of rotatable bonds is 7. The first-order valence-corrected chi connectivity index (χ1v) is 9.27. The molecule has 0 saturated carbocycles. The summed E-state index contributed by atoms with van der Waals surface area (Å²) in [5, 5.41) is 12.1. The summed E-state index contributed by atoms with van der Waals surface area (Å²) in [7, 11) is 0. The molecule has 0 aliphatic heterocycles. The zero-order valence-electron chi connectivity index (χ0n) is 15.1. The molecule has 9 heteroatoms. The number of aromatic nitrogens is 2. The lowest BCUT2D eigenvalue weighted by Gasteiger charge is -2.14. The average molecular weight is 405 g/mol. The summed E-state index contributed by atoms with van der Waals surface area (Å²) in [6, 6.07) is 12.5. The zero-order chi connectivity index (χ0) is 20.3. The molecule has 0 radical (unpaired) electrons. The van der Waals surface area contributed by atoms with Gasteiger partial charge in [-0.05, 0) is 24.3 Å². The topological polar surface area (TPSA) is 70.2 Å². The van der Waals surface area contributed by atoms with Crippen molar-refractivity contribution in [3.05, 3.63) is 64.8 Å². The van der Waals surface area contributed by atoms with Gasteiger partial charge in [0.1, 0.15) is 5.75 Å². The summed E-state index contributed by atoms with van der Waals surface area (Å²) in [6.07, 6.45) is 1.65. The number of hydrogen-bond acceptors (Lipinski definition) is 5. The van der Waals surface area contributed by atoms with E-state index in [-0.39, 0.29) is 16.7 Å². The Morgan fingerprint density at radius 3 is 2.50 bits per heavy atom. The van der Waals surface area contributed by atoms with E-state index in [4.69, 9.17) is 0 Å². The summed E-state index contributed by atoms with van der Waals surface area (Å²) in [6.45, 7) is 1.15. The van der Waals surface area contributed by atoms with E-state index in [0.717, 1.165) is 0 Å². The van der Waals surface area contributed by atoms with Crippen LogP contribution in [0, 0.1) is 10.1 Å². The number of benzene rings is 2. The van der Waals surface area contributed by atoms with Crippen molar-refractivity contribution in [2.24, 2.45) is 0 Å². The zero-order valence-corrected chi connectivity index (χ0v) is 15.9. The van der Waals surface area contributed by atoms with Gasteiger partial charge in [-0.3, -0.25) is 14.7 Å². The summed E-state index contributed by atoms with van der Waals surface area (Å²) in [5.41, 5.74) is 1.95. The van der Waals surface area contributed by atoms with Crippen LogP contribution in [0.1, 0.15) is 13.8 Å². The lowest BCUT2D eigenvalue weighted by atomic mass is 10.1. The third-order valence-corrected chi connectivity index (χ3v) is 4.71. The van der Waals surface area contributed by atoms with Crippen molar-refractivity contribution in [3.63, 3.8) is 0 Å². The van der Waals surface area contributed by atoms with Gasteiger partial charge in [-0.25, -0.2) is 4.98 Å². The third kappa shape index (κ3) is 4.48. The number of thioether (sulfide) groups is 1. The highest BCUT2D eigenvalue weighted by atomic mass is 32.2. The molecule has 3 rings (SSSR count). The maximum absolute atomic E-state index is 12.4. The van der Waals surface area contributed by atoms with E-state index in [0.29, 0.717) is 22.1 Å². The van der Waals surface area contributed by atoms with Gasteiger partial charge in [-0.2, -0.15) is 8.78 Å². The number of nitro benzene ring substituents is 1. The fourth-order valence-electron chi connectivity index (χ4n) is 2.64. The van der Waals surface area contributed by atoms with Crippen LogP contribution >= 0.6 is 11.8 Å². The van der Waals surface area contributed by atoms with E-state index in [9.17, 15) is 18.9 Å². The predicted octanol–water partition coefficient (Wildman–Crippen LogP) is 5.55. The molecule has 0 N–H and O–H groups in total. The van der Waals surface area contributed by atoms with E-state index in [1.807, 2.05) is 18.4 Å². The lowest BCUT2D eigenvalue weighted by Crippen LogP contribution is -2.03. The van der Waals surface area contributed by atoms with E-state index in [2.05, 4.69) is 9.72 Å². The third-order valence-electron chi connectivity index (χ3n) is 3.74. The van der Waals surface area contributed by atoms with Crippen molar-refractivity contribution in [3.8, 4) is 22.7 Å². The largest absolute Gasteiger partial charge is 0.435 e. The Hall–Kier alpha value is -2.94. The first-order valence-electron chi connectivity index (χ1n) is 8.39. The highest BCUT2D eigenvalue weighted by Crippen LogP contribution is 2.33. The normalized spacial score (nSPS) is 11.2. The standard InChI is InChI=1S/C19H17F2N3O3S/c1-12(2)28-19-22-11-17(13-4-3-5-15(10-13)24(25)26)23(19)14-6-8-16(9-7-14)27-18(20)21/h3-12,18H,1-2H3. The fourth-order valence-corrected chi connectivity index (χ4v) is 3.48. The molecule has 2 aromatic carbocycles. The monoisotopic (exact) mass is 405 g/mol. The van der Waals surface area contributed by atoms with E-state index >= 15 is 0 Å². The maximum Gasteiger partial charge on any atom is 0.387 e. The van der Waals surface area contributed by atoms with E-state index < -0.39 is 11.5 Å². The quantitative estimate of drug-likeness (QED) is 0.293. The van der Waals surface area contributed by atoms with Crippen LogP contribution in [-0.4, -0.2) is 26.3 Å². The van der Waals surface area contributed by atoms with Gasteiger partial charge in [0.15, 0.2) is 5.16 Å². The second-order valence-electron chi connectivity index (χ2n) is 6.11. The molecule has 3 aromatic rings. The molecule has 0 saturated heterocycles. The van der Waals surface area contributed by atoms with Crippen molar-refractivity contribution >= 4 is 17.4 Å². The van der Waals surface area contributed by atoms with Gasteiger partial charge in [-0.1, -0.05) is 37.7 Å². The van der Waals surface area contributed by atoms with Crippen LogP contribution in [0.15, 0.2) is 59.9 Å². The van der Waals surface area contributed by atoms with Gasteiger partial charge in [0.25, 0.3) is 5.69 Å². The summed E-state index contributed by atoms with van der Waals surface area (Å²) in [5.74, 6) is 0.0498. The Morgan fingerprint density at radius 2 is 1.89 bits per heavy atom. The second-order valence-corrected chi connectivity index (χ2v) is 7.65. The Kier molecular flexibility index (Phi) is 5.93. The summed E-state index contributed by atoms with van der Waals surface area (Å²) in [4.78, 5) is 15.1. The Labute approximate surface area is 164 Å². The fraction of sp³-hybridized carbons (Fsp3) is 0.211. The molecule has 28 heavy (non-hydrogen) atoms. The number of nitro groups is 1. The molecule has 0 bridgehead atoms. The predicted molar refractivity (Wildman–Crippen MR) is 103 cm³/mol. The smallest absolute Gasteiger partial charge is 0.387 e. The molecular weight excluding hydrogens is 388 g/mol. The molecule has 0 amide bonds. The Morgan fingerprint density at radius 1 is 1.18 bits per heavy atom. The van der Waals surface area contributed by atoms with Gasteiger partial charge in [-0.15, -0.1) is 0 Å². The Bertz CT molecular complexity index is 975. The van der Waals surface area contributed by atoms with Gasteiger partial charge in [0.05, 0.1) is 16.8 Å². The number of imidazole rings is 1. The van der Waals surface area contributed by atoms with E-state index in [1.165, 1.54) is 36.0 Å². The molecule has 1 heterocycles. The first kappa shape index (κ1) is 19.8. The van der Waals surface area contributed by atoms with Crippen LogP contribution in [0.4, 0.5) is 14.5 Å². The maximum atomic E-state index is 12.4. The molecule has 0 aliphatic carbocycles. The SMILES string of the molecule is CC(C)Sc1ncc(-c2cccc([N+](=O)[O-])c2)n1-c1ccc(OC(F)F)cc1. The minimum absolute atomic E-state index is 0.0241. The van der Waals surface area contributed by atoms with Gasteiger partial charge >= 0.3 is 6.61 Å². The minimum atomic E-state index is -2.90. The van der Waals surface area contributed by atoms with Crippen LogP contribution in [0.3, 0.4) is 0 Å². The van der Waals surface area contributed by atoms with Crippen molar-refractivity contribution < 1.29 is 18.4 Å². The summed E-state index contributed by atoms with van der Waals surface area (Å²) >= 11 is 1.53. The highest BCUT2D eigenvalue weighted by molar-refractivity contribution is 7.99. The average Bonchev–Trinajstić information content (AvgIpc) is 3.05. The molecule has 0 spiro atoms. The van der Waals surface area contributed by atoms with Crippen LogP contribution < -0.4 is 4.74 Å². The van der Waals surface area contributed by atoms with Crippen LogP contribution in [-0.2, 0) is 0 Å². The number of nitrogens with zero attached hydrogens (tertiary/aromatic N) is 3.